The minimum Gasteiger partial charge on any atom is -0.336 e. The van der Waals surface area contributed by atoms with Crippen LogP contribution in [0, 0.1) is 11.3 Å². The molecule has 0 unspecified atom stereocenters. The lowest BCUT2D eigenvalue weighted by Crippen LogP contribution is -2.50. The fourth-order valence-corrected chi connectivity index (χ4v) is 6.05. The molecule has 1 aliphatic heterocycles. The highest BCUT2D eigenvalue weighted by molar-refractivity contribution is 7.88. The van der Waals surface area contributed by atoms with Gasteiger partial charge in [-0.1, -0.05) is 24.3 Å². The quantitative estimate of drug-likeness (QED) is 0.588. The lowest BCUT2D eigenvalue weighted by atomic mass is 9.93. The van der Waals surface area contributed by atoms with Crippen molar-refractivity contribution >= 4 is 37.5 Å². The van der Waals surface area contributed by atoms with Crippen molar-refractivity contribution in [1.82, 2.24) is 14.2 Å². The first-order chi connectivity index (χ1) is 15.3. The molecule has 1 saturated carbocycles. The average Bonchev–Trinajstić information content (AvgIpc) is 3.46. The Kier molecular flexibility index (Phi) is 5.04. The van der Waals surface area contributed by atoms with E-state index in [4.69, 9.17) is 0 Å². The molecule has 1 saturated heterocycles. The molecule has 3 heterocycles. The number of hydrogen-bond acceptors (Lipinski definition) is 6. The summed E-state index contributed by atoms with van der Waals surface area (Å²) in [5, 5.41) is 11.5. The summed E-state index contributed by atoms with van der Waals surface area (Å²) < 4.78 is 26.0. The van der Waals surface area contributed by atoms with Gasteiger partial charge in [-0.2, -0.15) is 9.57 Å². The summed E-state index contributed by atoms with van der Waals surface area (Å²) >= 11 is 1.54. The number of sulfonamides is 1. The van der Waals surface area contributed by atoms with Crippen molar-refractivity contribution in [2.45, 2.75) is 18.3 Å². The fourth-order valence-electron chi connectivity index (χ4n) is 4.30. The predicted octanol–water partition coefficient (Wildman–Crippen LogP) is 3.24. The molecule has 1 aromatic carbocycles. The normalized spacial score (nSPS) is 18.4. The number of rotatable bonds is 4. The van der Waals surface area contributed by atoms with Gasteiger partial charge in [-0.3, -0.25) is 9.78 Å². The van der Waals surface area contributed by atoms with Crippen LogP contribution in [-0.2, 0) is 15.4 Å². The van der Waals surface area contributed by atoms with Crippen LogP contribution in [0.15, 0.2) is 41.9 Å². The number of carbonyl (C=O) groups is 1. The highest BCUT2D eigenvalue weighted by atomic mass is 32.2. The number of carbonyl (C=O) groups excluding carboxylic acids is 1. The van der Waals surface area contributed by atoms with Gasteiger partial charge >= 0.3 is 0 Å². The zero-order valence-electron chi connectivity index (χ0n) is 17.6. The number of benzene rings is 1. The molecule has 2 aromatic heterocycles. The van der Waals surface area contributed by atoms with Gasteiger partial charge < -0.3 is 4.90 Å². The molecule has 0 N–H and O–H groups in total. The van der Waals surface area contributed by atoms with Gasteiger partial charge in [0.2, 0.25) is 10.0 Å². The van der Waals surface area contributed by atoms with Crippen LogP contribution in [0.3, 0.4) is 0 Å². The third kappa shape index (κ3) is 3.58. The number of nitrogens with zero attached hydrogens (tertiary/aromatic N) is 4. The molecule has 2 fully saturated rings. The second-order valence-corrected chi connectivity index (χ2v) is 11.3. The summed E-state index contributed by atoms with van der Waals surface area (Å²) in [6.07, 6.45) is 4.59. The molecule has 0 radical (unpaired) electrons. The highest BCUT2D eigenvalue weighted by Gasteiger charge is 2.44. The second kappa shape index (κ2) is 7.66. The monoisotopic (exact) mass is 466 g/mol. The number of pyridine rings is 1. The van der Waals surface area contributed by atoms with Crippen molar-refractivity contribution in [2.24, 2.45) is 0 Å². The lowest BCUT2D eigenvalue weighted by molar-refractivity contribution is 0.0699. The topological polar surface area (TPSA) is 94.4 Å². The van der Waals surface area contributed by atoms with E-state index in [1.807, 2.05) is 35.7 Å². The summed E-state index contributed by atoms with van der Waals surface area (Å²) in [5.74, 6) is -0.143. The number of hydrogen-bond donors (Lipinski definition) is 0. The van der Waals surface area contributed by atoms with Crippen molar-refractivity contribution in [3.63, 3.8) is 0 Å². The lowest BCUT2D eigenvalue weighted by Gasteiger charge is -2.33. The molecule has 9 heteroatoms. The summed E-state index contributed by atoms with van der Waals surface area (Å²) in [7, 11) is -3.26. The molecule has 0 atom stereocenters. The Bertz CT molecular complexity index is 1340. The smallest absolute Gasteiger partial charge is 0.256 e. The van der Waals surface area contributed by atoms with E-state index in [2.05, 4.69) is 11.1 Å². The van der Waals surface area contributed by atoms with Crippen molar-refractivity contribution < 1.29 is 13.2 Å². The maximum absolute atomic E-state index is 13.5. The zero-order chi connectivity index (χ0) is 22.5. The van der Waals surface area contributed by atoms with Crippen molar-refractivity contribution in [3.05, 3.63) is 53.0 Å². The van der Waals surface area contributed by atoms with Gasteiger partial charge in [-0.25, -0.2) is 8.42 Å². The highest BCUT2D eigenvalue weighted by Crippen LogP contribution is 2.48. The molecule has 0 spiro atoms. The van der Waals surface area contributed by atoms with Crippen LogP contribution in [0.5, 0.6) is 0 Å². The minimum absolute atomic E-state index is 0.143. The van der Waals surface area contributed by atoms with E-state index in [0.717, 1.165) is 39.7 Å². The number of amides is 1. The van der Waals surface area contributed by atoms with Gasteiger partial charge in [0.15, 0.2) is 0 Å². The number of nitriles is 1. The van der Waals surface area contributed by atoms with E-state index >= 15 is 0 Å². The van der Waals surface area contributed by atoms with Crippen molar-refractivity contribution in [1.29, 1.82) is 5.26 Å². The molecule has 3 aromatic rings. The fraction of sp³-hybridized carbons (Fsp3) is 0.348. The second-order valence-electron chi connectivity index (χ2n) is 8.41. The maximum Gasteiger partial charge on any atom is 0.256 e. The Hall–Kier alpha value is -2.80. The molecule has 5 rings (SSSR count). The zero-order valence-corrected chi connectivity index (χ0v) is 19.2. The largest absolute Gasteiger partial charge is 0.336 e. The van der Waals surface area contributed by atoms with Gasteiger partial charge in [0.05, 0.1) is 33.5 Å². The maximum atomic E-state index is 13.5. The summed E-state index contributed by atoms with van der Waals surface area (Å²) in [6.45, 7) is 1.27. The number of aromatic nitrogens is 1. The van der Waals surface area contributed by atoms with Crippen LogP contribution in [-0.4, -0.2) is 60.9 Å². The van der Waals surface area contributed by atoms with Crippen LogP contribution in [0.4, 0.5) is 0 Å². The van der Waals surface area contributed by atoms with Gasteiger partial charge in [-0.15, -0.1) is 11.3 Å². The molecule has 0 bridgehead atoms. The summed E-state index contributed by atoms with van der Waals surface area (Å²) in [5.41, 5.74) is 3.77. The van der Waals surface area contributed by atoms with Crippen LogP contribution >= 0.6 is 11.3 Å². The van der Waals surface area contributed by atoms with Gasteiger partial charge in [0, 0.05) is 37.9 Å². The van der Waals surface area contributed by atoms with E-state index < -0.39 is 10.0 Å². The number of thiophene rings is 1. The Morgan fingerprint density at radius 2 is 1.81 bits per heavy atom. The van der Waals surface area contributed by atoms with Crippen molar-refractivity contribution in [3.8, 4) is 17.2 Å². The van der Waals surface area contributed by atoms with E-state index in [1.54, 1.807) is 22.4 Å². The Labute approximate surface area is 191 Å². The minimum atomic E-state index is -3.26. The average molecular weight is 467 g/mol. The molecule has 1 amide bonds. The standard InChI is InChI=1S/C23H22N4O3S2/c1-32(29,30)27-11-9-26(10-12-27)22(28)18-14-25-19-6-13-31-21(19)20(18)16-2-4-17(5-3-16)23(15-24)7-8-23/h2-6,13-14H,7-12H2,1H3. The SMILES string of the molecule is CS(=O)(=O)N1CCN(C(=O)c2cnc3ccsc3c2-c2ccc(C3(C#N)CC3)cc2)CC1. The number of fused-ring (bicyclic) bond motifs is 1. The first-order valence-corrected chi connectivity index (χ1v) is 13.2. The third-order valence-corrected chi connectivity index (χ3v) is 8.61. The van der Waals surface area contributed by atoms with E-state index in [9.17, 15) is 18.5 Å². The van der Waals surface area contributed by atoms with Crippen LogP contribution in [0.25, 0.3) is 21.3 Å². The Morgan fingerprint density at radius 3 is 2.41 bits per heavy atom. The van der Waals surface area contributed by atoms with Crippen LogP contribution in [0.1, 0.15) is 28.8 Å². The van der Waals surface area contributed by atoms with E-state index in [1.165, 1.54) is 10.6 Å². The van der Waals surface area contributed by atoms with Gasteiger partial charge in [0.25, 0.3) is 5.91 Å². The molecule has 164 valence electrons. The molecule has 1 aliphatic carbocycles. The van der Waals surface area contributed by atoms with E-state index in [-0.39, 0.29) is 11.3 Å². The molecular weight excluding hydrogens is 444 g/mol. The first-order valence-electron chi connectivity index (χ1n) is 10.5. The first kappa shape index (κ1) is 21.1. The third-order valence-electron chi connectivity index (χ3n) is 6.39. The Morgan fingerprint density at radius 1 is 1.12 bits per heavy atom. The Balaban J connectivity index is 1.50. The number of piperazine rings is 1. The van der Waals surface area contributed by atoms with Crippen LogP contribution in [0.2, 0.25) is 0 Å². The predicted molar refractivity (Wildman–Crippen MR) is 124 cm³/mol. The molecular formula is C23H22N4O3S2. The summed E-state index contributed by atoms with van der Waals surface area (Å²) in [6, 6.07) is 12.3. The molecule has 7 nitrogen and oxygen atoms in total. The van der Waals surface area contributed by atoms with Crippen molar-refractivity contribution in [2.75, 3.05) is 32.4 Å². The van der Waals surface area contributed by atoms with Gasteiger partial charge in [0.1, 0.15) is 0 Å². The molecule has 2 aliphatic rings. The van der Waals surface area contributed by atoms with Gasteiger partial charge in [-0.05, 0) is 35.4 Å². The van der Waals surface area contributed by atoms with E-state index in [0.29, 0.717) is 31.7 Å². The van der Waals surface area contributed by atoms with Crippen LogP contribution < -0.4 is 0 Å². The summed E-state index contributed by atoms with van der Waals surface area (Å²) in [4.78, 5) is 19.7. The molecule has 32 heavy (non-hydrogen) atoms.